The molecule has 1 aromatic heterocycles. The van der Waals surface area contributed by atoms with Crippen molar-refractivity contribution >= 4 is 28.4 Å². The van der Waals surface area contributed by atoms with Gasteiger partial charge in [-0.3, -0.25) is 9.59 Å². The number of nitrogens with one attached hydrogen (secondary N) is 2. The van der Waals surface area contributed by atoms with Crippen LogP contribution in [0.25, 0.3) is 16.6 Å². The Morgan fingerprint density at radius 1 is 1.11 bits per heavy atom. The van der Waals surface area contributed by atoms with Crippen LogP contribution in [0.3, 0.4) is 0 Å². The predicted octanol–water partition coefficient (Wildman–Crippen LogP) is 5.69. The highest BCUT2D eigenvalue weighted by Crippen LogP contribution is 2.44. The number of methoxy groups -OCH3 is 1. The molecule has 5 rings (SSSR count). The maximum Gasteiger partial charge on any atom is 0.418 e. The number of aromatic nitrogens is 2. The summed E-state index contributed by atoms with van der Waals surface area (Å²) in [5.74, 6) is -1.48. The third kappa shape index (κ3) is 6.49. The minimum absolute atomic E-state index is 0.190. The number of carbonyl (C=O) groups is 2. The number of amides is 2. The van der Waals surface area contributed by atoms with Crippen molar-refractivity contribution in [3.8, 4) is 11.4 Å². The second-order valence-corrected chi connectivity index (χ2v) is 12.9. The number of hydrogen-bond acceptors (Lipinski definition) is 6. The van der Waals surface area contributed by atoms with Crippen molar-refractivity contribution in [1.82, 2.24) is 15.1 Å². The van der Waals surface area contributed by atoms with Crippen LogP contribution in [-0.4, -0.2) is 57.7 Å². The van der Waals surface area contributed by atoms with E-state index in [1.54, 1.807) is 48.0 Å². The average Bonchev–Trinajstić information content (AvgIpc) is 3.40. The molecule has 1 heterocycles. The predicted molar refractivity (Wildman–Crippen MR) is 169 cm³/mol. The van der Waals surface area contributed by atoms with Crippen LogP contribution in [0, 0.1) is 12.7 Å². The number of primary amides is 1. The highest BCUT2D eigenvalue weighted by Gasteiger charge is 2.56. The van der Waals surface area contributed by atoms with E-state index in [4.69, 9.17) is 10.5 Å². The van der Waals surface area contributed by atoms with Gasteiger partial charge in [-0.2, -0.15) is 18.3 Å². The maximum atomic E-state index is 14.5. The van der Waals surface area contributed by atoms with E-state index in [0.29, 0.717) is 40.7 Å². The molecule has 0 saturated heterocycles. The molecule has 1 atom stereocenters. The van der Waals surface area contributed by atoms with Gasteiger partial charge in [-0.05, 0) is 92.1 Å². The second-order valence-electron chi connectivity index (χ2n) is 12.9. The third-order valence-electron chi connectivity index (χ3n) is 8.94. The van der Waals surface area contributed by atoms with E-state index >= 15 is 0 Å². The molecule has 47 heavy (non-hydrogen) atoms. The number of alkyl halides is 3. The zero-order valence-corrected chi connectivity index (χ0v) is 26.5. The van der Waals surface area contributed by atoms with Crippen molar-refractivity contribution < 1.29 is 37.0 Å². The first-order valence-corrected chi connectivity index (χ1v) is 15.1. The first kappa shape index (κ1) is 33.7. The van der Waals surface area contributed by atoms with E-state index in [1.165, 1.54) is 33.2 Å². The molecule has 0 spiro atoms. The molecule has 1 aliphatic carbocycles. The number of aliphatic hydroxyl groups is 1. The molecule has 1 fully saturated rings. The molecule has 0 aliphatic heterocycles. The van der Waals surface area contributed by atoms with E-state index < -0.39 is 53.3 Å². The lowest BCUT2D eigenvalue weighted by Crippen LogP contribution is -2.61. The fraction of sp³-hybridized carbons (Fsp3) is 0.382. The second kappa shape index (κ2) is 12.2. The van der Waals surface area contributed by atoms with Gasteiger partial charge in [-0.15, -0.1) is 0 Å². The minimum atomic E-state index is -5.04. The highest BCUT2D eigenvalue weighted by molar-refractivity contribution is 6.00. The molecule has 0 bridgehead atoms. The summed E-state index contributed by atoms with van der Waals surface area (Å²) >= 11 is 0. The van der Waals surface area contributed by atoms with E-state index in [1.807, 2.05) is 0 Å². The van der Waals surface area contributed by atoms with E-state index in [9.17, 15) is 32.3 Å². The summed E-state index contributed by atoms with van der Waals surface area (Å²) in [6.07, 6.45) is -2.65. The molecule has 3 aromatic carbocycles. The molecular weight excluding hydrogens is 618 g/mol. The summed E-state index contributed by atoms with van der Waals surface area (Å²) in [6.45, 7) is 3.84. The standard InChI is InChI=1S/C34H37F4N5O4/c1-20-13-26(40-19-33(46,34(36,37)38)18-31(2,3)25-16-22(35)9-10-28(25)47-4)24-17-41-43(27(24)14-20)23-8-5-7-21(15-23)29(44)42-32(30(39)45)11-6-12-32/h5,7-10,13-17,40,46H,6,11-12,18-19H2,1-4H3,(H2,39,45)(H,42,44). The number of aryl methyl sites for hydroxylation is 1. The molecule has 1 aliphatic rings. The maximum absolute atomic E-state index is 14.5. The Labute approximate surface area is 269 Å². The van der Waals surface area contributed by atoms with E-state index in [0.717, 1.165) is 18.6 Å². The van der Waals surface area contributed by atoms with Crippen LogP contribution < -0.4 is 21.1 Å². The number of halogens is 4. The molecule has 250 valence electrons. The van der Waals surface area contributed by atoms with Crippen molar-refractivity contribution in [2.24, 2.45) is 5.73 Å². The van der Waals surface area contributed by atoms with Gasteiger partial charge in [-0.1, -0.05) is 19.9 Å². The van der Waals surface area contributed by atoms with Crippen LogP contribution in [0.5, 0.6) is 5.75 Å². The van der Waals surface area contributed by atoms with Gasteiger partial charge in [0.25, 0.3) is 5.91 Å². The first-order valence-electron chi connectivity index (χ1n) is 15.1. The molecule has 5 N–H and O–H groups in total. The van der Waals surface area contributed by atoms with Gasteiger partial charge in [0, 0.05) is 22.2 Å². The van der Waals surface area contributed by atoms with Crippen molar-refractivity contribution in [2.75, 3.05) is 19.0 Å². The summed E-state index contributed by atoms with van der Waals surface area (Å²) in [5.41, 5.74) is 2.41. The fourth-order valence-electron chi connectivity index (χ4n) is 6.19. The Morgan fingerprint density at radius 3 is 2.45 bits per heavy atom. The Hall–Kier alpha value is -4.65. The first-order chi connectivity index (χ1) is 22.0. The van der Waals surface area contributed by atoms with Gasteiger partial charge in [0.05, 0.1) is 31.1 Å². The van der Waals surface area contributed by atoms with Crippen LogP contribution >= 0.6 is 0 Å². The number of nitrogens with zero attached hydrogens (tertiary/aromatic N) is 2. The average molecular weight is 656 g/mol. The van der Waals surface area contributed by atoms with Crippen LogP contribution in [0.4, 0.5) is 23.2 Å². The molecule has 2 amide bonds. The monoisotopic (exact) mass is 655 g/mol. The third-order valence-corrected chi connectivity index (χ3v) is 8.94. The number of ether oxygens (including phenoxy) is 1. The summed E-state index contributed by atoms with van der Waals surface area (Å²) in [6, 6.07) is 13.6. The van der Waals surface area contributed by atoms with Gasteiger partial charge in [0.15, 0.2) is 5.60 Å². The molecule has 13 heteroatoms. The number of anilines is 1. The van der Waals surface area contributed by atoms with Gasteiger partial charge in [-0.25, -0.2) is 9.07 Å². The lowest BCUT2D eigenvalue weighted by atomic mass is 9.74. The summed E-state index contributed by atoms with van der Waals surface area (Å²) in [5, 5.41) is 21.7. The lowest BCUT2D eigenvalue weighted by Gasteiger charge is -2.39. The largest absolute Gasteiger partial charge is 0.496 e. The van der Waals surface area contributed by atoms with Crippen molar-refractivity contribution in [3.63, 3.8) is 0 Å². The van der Waals surface area contributed by atoms with Crippen LogP contribution in [-0.2, 0) is 10.2 Å². The van der Waals surface area contributed by atoms with Crippen molar-refractivity contribution in [2.45, 2.75) is 69.2 Å². The Bertz CT molecular complexity index is 1830. The van der Waals surface area contributed by atoms with E-state index in [-0.39, 0.29) is 16.9 Å². The van der Waals surface area contributed by atoms with Crippen LogP contribution in [0.1, 0.15) is 61.0 Å². The molecule has 4 aromatic rings. The van der Waals surface area contributed by atoms with Gasteiger partial charge in [0.1, 0.15) is 17.1 Å². The lowest BCUT2D eigenvalue weighted by molar-refractivity contribution is -0.260. The number of nitrogens with two attached hydrogens (primary N) is 1. The summed E-state index contributed by atoms with van der Waals surface area (Å²) in [4.78, 5) is 25.0. The number of hydrogen-bond donors (Lipinski definition) is 4. The molecule has 0 radical (unpaired) electrons. The van der Waals surface area contributed by atoms with Crippen LogP contribution in [0.2, 0.25) is 0 Å². The SMILES string of the molecule is COc1ccc(F)cc1C(C)(C)CC(O)(CNc1cc(C)cc2c1cnn2-c1cccc(C(=O)NC2(C(N)=O)CCC2)c1)C(F)(F)F. The quantitative estimate of drug-likeness (QED) is 0.154. The Morgan fingerprint density at radius 2 is 1.83 bits per heavy atom. The van der Waals surface area contributed by atoms with Gasteiger partial charge < -0.3 is 26.2 Å². The van der Waals surface area contributed by atoms with Gasteiger partial charge in [0.2, 0.25) is 5.91 Å². The minimum Gasteiger partial charge on any atom is -0.496 e. The Kier molecular flexibility index (Phi) is 8.73. The number of fused-ring (bicyclic) bond motifs is 1. The van der Waals surface area contributed by atoms with Crippen LogP contribution in [0.15, 0.2) is 60.8 Å². The fourth-order valence-corrected chi connectivity index (χ4v) is 6.19. The van der Waals surface area contributed by atoms with Crippen molar-refractivity contribution in [1.29, 1.82) is 0 Å². The summed E-state index contributed by atoms with van der Waals surface area (Å²) in [7, 11) is 1.34. The topological polar surface area (TPSA) is 132 Å². The van der Waals surface area contributed by atoms with Gasteiger partial charge >= 0.3 is 6.18 Å². The number of benzene rings is 3. The smallest absolute Gasteiger partial charge is 0.418 e. The zero-order valence-electron chi connectivity index (χ0n) is 26.5. The molecule has 1 unspecified atom stereocenters. The Balaban J connectivity index is 1.43. The van der Waals surface area contributed by atoms with E-state index in [2.05, 4.69) is 15.7 Å². The van der Waals surface area contributed by atoms with Crippen molar-refractivity contribution in [3.05, 3.63) is 83.3 Å². The highest BCUT2D eigenvalue weighted by atomic mass is 19.4. The summed E-state index contributed by atoms with van der Waals surface area (Å²) < 4.78 is 64.6. The normalized spacial score (nSPS) is 15.9. The molecular formula is C34H37F4N5O4. The number of carbonyl (C=O) groups excluding carboxylic acids is 2. The zero-order chi connectivity index (χ0) is 34.4. The molecule has 9 nitrogen and oxygen atoms in total. The molecule has 1 saturated carbocycles. The number of rotatable bonds is 11.